The van der Waals surface area contributed by atoms with Crippen LogP contribution in [0.3, 0.4) is 0 Å². The number of nitrogens with one attached hydrogen (secondary N) is 1. The smallest absolute Gasteiger partial charge is 0.227 e. The van der Waals surface area contributed by atoms with Crippen LogP contribution >= 0.6 is 23.2 Å². The van der Waals surface area contributed by atoms with E-state index in [0.29, 0.717) is 28.9 Å². The predicted molar refractivity (Wildman–Crippen MR) is 81.7 cm³/mol. The first-order valence-electron chi connectivity index (χ1n) is 7.12. The number of ether oxygens (including phenoxy) is 2. The van der Waals surface area contributed by atoms with Crippen LogP contribution in [0.4, 0.5) is 5.69 Å². The predicted octanol–water partition coefficient (Wildman–Crippen LogP) is 3.87. The van der Waals surface area contributed by atoms with Crippen LogP contribution in [0.2, 0.25) is 10.0 Å². The molecule has 1 aliphatic carbocycles. The number of halogens is 2. The zero-order valence-electron chi connectivity index (χ0n) is 11.5. The average molecular weight is 330 g/mol. The Labute approximate surface area is 133 Å². The van der Waals surface area contributed by atoms with E-state index in [4.69, 9.17) is 32.7 Å². The topological polar surface area (TPSA) is 47.6 Å². The fraction of sp³-hybridized carbons (Fsp3) is 0.533. The molecule has 1 aromatic rings. The van der Waals surface area contributed by atoms with Gasteiger partial charge in [0.1, 0.15) is 0 Å². The maximum absolute atomic E-state index is 12.3. The summed E-state index contributed by atoms with van der Waals surface area (Å²) in [5.41, 5.74) is 0.558. The standard InChI is InChI=1S/C15H17Cl2NO3/c16-11-1-2-12(17)13(9-11)18-14(19)10-3-5-15(6-4-10)20-7-8-21-15/h1-2,9-10H,3-8H2,(H,18,19). The molecule has 6 heteroatoms. The molecule has 0 unspecified atom stereocenters. The molecule has 1 N–H and O–H groups in total. The summed E-state index contributed by atoms with van der Waals surface area (Å²) < 4.78 is 11.3. The summed E-state index contributed by atoms with van der Waals surface area (Å²) in [6.45, 7) is 1.30. The second-order valence-corrected chi connectivity index (χ2v) is 6.34. The Kier molecular flexibility index (Phi) is 4.41. The van der Waals surface area contributed by atoms with Crippen molar-refractivity contribution in [1.29, 1.82) is 0 Å². The zero-order chi connectivity index (χ0) is 14.9. The van der Waals surface area contributed by atoms with Gasteiger partial charge in [0.2, 0.25) is 5.91 Å². The largest absolute Gasteiger partial charge is 0.348 e. The molecule has 1 spiro atoms. The highest BCUT2D eigenvalue weighted by Gasteiger charge is 2.41. The number of carbonyl (C=O) groups excluding carboxylic acids is 1. The summed E-state index contributed by atoms with van der Waals surface area (Å²) in [7, 11) is 0. The molecule has 4 nitrogen and oxygen atoms in total. The van der Waals surface area contributed by atoms with Crippen molar-refractivity contribution in [2.24, 2.45) is 5.92 Å². The summed E-state index contributed by atoms with van der Waals surface area (Å²) in [6, 6.07) is 5.03. The van der Waals surface area contributed by atoms with Crippen LogP contribution in [0.1, 0.15) is 25.7 Å². The Morgan fingerprint density at radius 3 is 2.52 bits per heavy atom. The maximum Gasteiger partial charge on any atom is 0.227 e. The Hall–Kier alpha value is -0.810. The molecule has 21 heavy (non-hydrogen) atoms. The number of anilines is 1. The maximum atomic E-state index is 12.3. The zero-order valence-corrected chi connectivity index (χ0v) is 13.0. The number of amides is 1. The Morgan fingerprint density at radius 1 is 1.19 bits per heavy atom. The van der Waals surface area contributed by atoms with Crippen molar-refractivity contribution < 1.29 is 14.3 Å². The van der Waals surface area contributed by atoms with Crippen LogP contribution in [0.25, 0.3) is 0 Å². The van der Waals surface area contributed by atoms with Gasteiger partial charge < -0.3 is 14.8 Å². The average Bonchev–Trinajstić information content (AvgIpc) is 2.92. The Bertz CT molecular complexity index is 534. The fourth-order valence-electron chi connectivity index (χ4n) is 2.93. The van der Waals surface area contributed by atoms with Gasteiger partial charge in [-0.3, -0.25) is 4.79 Å². The molecule has 1 saturated heterocycles. The van der Waals surface area contributed by atoms with Crippen LogP contribution in [-0.2, 0) is 14.3 Å². The normalized spacial score (nSPS) is 21.6. The van der Waals surface area contributed by atoms with Crippen LogP contribution < -0.4 is 5.32 Å². The molecule has 114 valence electrons. The van der Waals surface area contributed by atoms with E-state index in [1.807, 2.05) is 0 Å². The molecular weight excluding hydrogens is 313 g/mol. The minimum atomic E-state index is -0.440. The van der Waals surface area contributed by atoms with Crippen molar-refractivity contribution in [3.63, 3.8) is 0 Å². The van der Waals surface area contributed by atoms with E-state index < -0.39 is 5.79 Å². The summed E-state index contributed by atoms with van der Waals surface area (Å²) >= 11 is 12.0. The summed E-state index contributed by atoms with van der Waals surface area (Å²) in [4.78, 5) is 12.3. The lowest BCUT2D eigenvalue weighted by atomic mass is 9.84. The molecule has 2 aliphatic rings. The molecule has 0 aromatic heterocycles. The van der Waals surface area contributed by atoms with Crippen molar-refractivity contribution in [2.45, 2.75) is 31.5 Å². The van der Waals surface area contributed by atoms with Gasteiger partial charge in [0.05, 0.1) is 23.9 Å². The van der Waals surface area contributed by atoms with Gasteiger partial charge in [-0.2, -0.15) is 0 Å². The van der Waals surface area contributed by atoms with Gasteiger partial charge in [-0.15, -0.1) is 0 Å². The fourth-order valence-corrected chi connectivity index (χ4v) is 3.27. The summed E-state index contributed by atoms with van der Waals surface area (Å²) in [6.07, 6.45) is 3.02. The summed E-state index contributed by atoms with van der Waals surface area (Å²) in [5, 5.41) is 3.90. The van der Waals surface area contributed by atoms with Crippen molar-refractivity contribution in [2.75, 3.05) is 18.5 Å². The first-order chi connectivity index (χ1) is 10.1. The van der Waals surface area contributed by atoms with Crippen LogP contribution in [-0.4, -0.2) is 24.9 Å². The monoisotopic (exact) mass is 329 g/mol. The van der Waals surface area contributed by atoms with E-state index in [-0.39, 0.29) is 11.8 Å². The Morgan fingerprint density at radius 2 is 1.86 bits per heavy atom. The van der Waals surface area contributed by atoms with Gasteiger partial charge in [-0.25, -0.2) is 0 Å². The molecular formula is C15H17Cl2NO3. The highest BCUT2D eigenvalue weighted by molar-refractivity contribution is 6.35. The molecule has 1 aromatic carbocycles. The highest BCUT2D eigenvalue weighted by Crippen LogP contribution is 2.39. The van der Waals surface area contributed by atoms with Gasteiger partial charge in [0, 0.05) is 23.8 Å². The van der Waals surface area contributed by atoms with Gasteiger partial charge in [-0.1, -0.05) is 23.2 Å². The van der Waals surface area contributed by atoms with Gasteiger partial charge in [-0.05, 0) is 31.0 Å². The van der Waals surface area contributed by atoms with Gasteiger partial charge in [0.15, 0.2) is 5.79 Å². The number of rotatable bonds is 2. The highest BCUT2D eigenvalue weighted by atomic mass is 35.5. The Balaban J connectivity index is 1.60. The molecule has 1 saturated carbocycles. The van der Waals surface area contributed by atoms with E-state index in [1.165, 1.54) is 0 Å². The third-order valence-electron chi connectivity index (χ3n) is 4.12. The second kappa shape index (κ2) is 6.13. The van der Waals surface area contributed by atoms with Crippen molar-refractivity contribution in [3.05, 3.63) is 28.2 Å². The molecule has 0 atom stereocenters. The first kappa shape index (κ1) is 15.1. The minimum Gasteiger partial charge on any atom is -0.348 e. The lowest BCUT2D eigenvalue weighted by molar-refractivity contribution is -0.182. The van der Waals surface area contributed by atoms with E-state index in [1.54, 1.807) is 18.2 Å². The van der Waals surface area contributed by atoms with Crippen molar-refractivity contribution in [1.82, 2.24) is 0 Å². The third-order valence-corrected chi connectivity index (χ3v) is 4.68. The van der Waals surface area contributed by atoms with E-state index in [2.05, 4.69) is 5.32 Å². The van der Waals surface area contributed by atoms with E-state index in [9.17, 15) is 4.79 Å². The van der Waals surface area contributed by atoms with Crippen molar-refractivity contribution in [3.8, 4) is 0 Å². The molecule has 0 bridgehead atoms. The van der Waals surface area contributed by atoms with Gasteiger partial charge in [0.25, 0.3) is 0 Å². The molecule has 1 heterocycles. The quantitative estimate of drug-likeness (QED) is 0.896. The van der Waals surface area contributed by atoms with Crippen LogP contribution in [0, 0.1) is 5.92 Å². The molecule has 2 fully saturated rings. The SMILES string of the molecule is O=C(Nc1cc(Cl)ccc1Cl)C1CCC2(CC1)OCCO2. The second-order valence-electron chi connectivity index (χ2n) is 5.50. The van der Waals surface area contributed by atoms with Crippen molar-refractivity contribution >= 4 is 34.8 Å². The molecule has 3 rings (SSSR count). The number of carbonyl (C=O) groups is 1. The minimum absolute atomic E-state index is 0.0213. The molecule has 0 radical (unpaired) electrons. The number of hydrogen-bond donors (Lipinski definition) is 1. The van der Waals surface area contributed by atoms with E-state index in [0.717, 1.165) is 25.7 Å². The first-order valence-corrected chi connectivity index (χ1v) is 7.87. The van der Waals surface area contributed by atoms with E-state index >= 15 is 0 Å². The van der Waals surface area contributed by atoms with Crippen LogP contribution in [0.5, 0.6) is 0 Å². The molecule has 1 amide bonds. The van der Waals surface area contributed by atoms with Crippen LogP contribution in [0.15, 0.2) is 18.2 Å². The third kappa shape index (κ3) is 3.34. The number of hydrogen-bond acceptors (Lipinski definition) is 3. The molecule has 1 aliphatic heterocycles. The van der Waals surface area contributed by atoms with Gasteiger partial charge >= 0.3 is 0 Å². The number of benzene rings is 1. The lowest BCUT2D eigenvalue weighted by Gasteiger charge is -2.34. The summed E-state index contributed by atoms with van der Waals surface area (Å²) in [5.74, 6) is -0.504. The lowest BCUT2D eigenvalue weighted by Crippen LogP contribution is -2.38.